The Morgan fingerprint density at radius 2 is 1.65 bits per heavy atom. The van der Waals surface area contributed by atoms with E-state index >= 15 is 0 Å². The van der Waals surface area contributed by atoms with Crippen LogP contribution in [0, 0.1) is 17.8 Å². The van der Waals surface area contributed by atoms with Crippen molar-refractivity contribution >= 4 is 5.91 Å². The predicted molar refractivity (Wildman–Crippen MR) is 83.3 cm³/mol. The van der Waals surface area contributed by atoms with Crippen LogP contribution in [0.4, 0.5) is 0 Å². The molecule has 2 fully saturated rings. The summed E-state index contributed by atoms with van der Waals surface area (Å²) in [6, 6.07) is 0.434. The molecule has 116 valence electrons. The van der Waals surface area contributed by atoms with Crippen molar-refractivity contribution < 1.29 is 4.79 Å². The standard InChI is InChI=1S/C17H32N2O/c1-11(2)8-15-17(20)19(13(5)10-14-6-7-14)16(18-15)9-12(3)4/h11-16,18H,6-10H2,1-5H3. The third-order valence-corrected chi connectivity index (χ3v) is 4.53. The van der Waals surface area contributed by atoms with Gasteiger partial charge in [-0.15, -0.1) is 0 Å². The zero-order valence-corrected chi connectivity index (χ0v) is 13.9. The van der Waals surface area contributed by atoms with Gasteiger partial charge in [0.1, 0.15) is 0 Å². The van der Waals surface area contributed by atoms with E-state index in [0.717, 1.165) is 18.8 Å². The van der Waals surface area contributed by atoms with Crippen molar-refractivity contribution in [2.75, 3.05) is 0 Å². The molecule has 1 amide bonds. The van der Waals surface area contributed by atoms with E-state index in [9.17, 15) is 4.79 Å². The molecule has 0 bridgehead atoms. The van der Waals surface area contributed by atoms with Gasteiger partial charge in [-0.2, -0.15) is 0 Å². The lowest BCUT2D eigenvalue weighted by molar-refractivity contribution is -0.132. The van der Waals surface area contributed by atoms with Gasteiger partial charge in [-0.1, -0.05) is 40.5 Å². The predicted octanol–water partition coefficient (Wildman–Crippen LogP) is 3.39. The first-order valence-corrected chi connectivity index (χ1v) is 8.46. The molecule has 0 aromatic carbocycles. The fourth-order valence-electron chi connectivity index (χ4n) is 3.46. The van der Waals surface area contributed by atoms with E-state index in [-0.39, 0.29) is 12.2 Å². The second-order valence-electron chi connectivity index (χ2n) is 7.77. The van der Waals surface area contributed by atoms with Crippen LogP contribution in [0.15, 0.2) is 0 Å². The second-order valence-corrected chi connectivity index (χ2v) is 7.77. The summed E-state index contributed by atoms with van der Waals surface area (Å²) in [5.74, 6) is 2.41. The quantitative estimate of drug-likeness (QED) is 0.775. The Labute approximate surface area is 124 Å². The summed E-state index contributed by atoms with van der Waals surface area (Å²) in [6.45, 7) is 11.1. The maximum absolute atomic E-state index is 12.7. The molecule has 3 atom stereocenters. The lowest BCUT2D eigenvalue weighted by Gasteiger charge is -2.31. The number of hydrogen-bond acceptors (Lipinski definition) is 2. The molecule has 0 radical (unpaired) electrons. The minimum absolute atomic E-state index is 0.0420. The molecule has 0 aromatic heterocycles. The van der Waals surface area contributed by atoms with E-state index in [1.54, 1.807) is 0 Å². The number of nitrogens with one attached hydrogen (secondary N) is 1. The number of amides is 1. The summed E-state index contributed by atoms with van der Waals surface area (Å²) in [7, 11) is 0. The Kier molecular flexibility index (Phi) is 5.11. The van der Waals surface area contributed by atoms with Gasteiger partial charge in [0, 0.05) is 6.04 Å². The third kappa shape index (κ3) is 3.97. The number of hydrogen-bond donors (Lipinski definition) is 1. The number of carbonyl (C=O) groups excluding carboxylic acids is 1. The number of rotatable bonds is 7. The fraction of sp³-hybridized carbons (Fsp3) is 0.941. The minimum atomic E-state index is 0.0420. The Balaban J connectivity index is 2.03. The van der Waals surface area contributed by atoms with E-state index in [4.69, 9.17) is 0 Å². The summed E-state index contributed by atoms with van der Waals surface area (Å²) < 4.78 is 0. The van der Waals surface area contributed by atoms with Gasteiger partial charge in [0.15, 0.2) is 0 Å². The third-order valence-electron chi connectivity index (χ3n) is 4.53. The average Bonchev–Trinajstić information content (AvgIpc) is 3.05. The van der Waals surface area contributed by atoms with Crippen LogP contribution in [0.3, 0.4) is 0 Å². The highest BCUT2D eigenvalue weighted by atomic mass is 16.2. The highest BCUT2D eigenvalue weighted by Gasteiger charge is 2.42. The van der Waals surface area contributed by atoms with E-state index in [1.807, 2.05) is 0 Å². The van der Waals surface area contributed by atoms with Gasteiger partial charge in [0.25, 0.3) is 0 Å². The Morgan fingerprint density at radius 1 is 1.05 bits per heavy atom. The van der Waals surface area contributed by atoms with Gasteiger partial charge in [-0.05, 0) is 43.9 Å². The van der Waals surface area contributed by atoms with Crippen molar-refractivity contribution in [3.63, 3.8) is 0 Å². The average molecular weight is 280 g/mol. The smallest absolute Gasteiger partial charge is 0.241 e. The molecule has 1 heterocycles. The van der Waals surface area contributed by atoms with E-state index < -0.39 is 0 Å². The zero-order chi connectivity index (χ0) is 14.9. The van der Waals surface area contributed by atoms with Crippen LogP contribution in [0.5, 0.6) is 0 Å². The van der Waals surface area contributed by atoms with Crippen LogP contribution < -0.4 is 5.32 Å². The Morgan fingerprint density at radius 3 is 2.15 bits per heavy atom. The fourth-order valence-corrected chi connectivity index (χ4v) is 3.46. The first-order chi connectivity index (χ1) is 9.38. The lowest BCUT2D eigenvalue weighted by Crippen LogP contribution is -2.44. The molecule has 1 N–H and O–H groups in total. The van der Waals surface area contributed by atoms with E-state index in [0.29, 0.717) is 23.8 Å². The van der Waals surface area contributed by atoms with Crippen LogP contribution in [0.1, 0.15) is 66.7 Å². The SMILES string of the molecule is CC(C)CC1NC(CC(C)C)N(C(C)CC2CC2)C1=O. The van der Waals surface area contributed by atoms with Gasteiger partial charge in [0.2, 0.25) is 5.91 Å². The normalized spacial score (nSPS) is 28.8. The molecule has 3 heteroatoms. The molecule has 0 spiro atoms. The molecule has 1 saturated carbocycles. The molecule has 1 saturated heterocycles. The van der Waals surface area contributed by atoms with Crippen molar-refractivity contribution in [2.45, 2.75) is 85.0 Å². The summed E-state index contributed by atoms with van der Waals surface area (Å²) >= 11 is 0. The Hall–Kier alpha value is -0.570. The molecule has 1 aliphatic carbocycles. The molecule has 2 aliphatic rings. The molecule has 1 aliphatic heterocycles. The molecule has 0 aromatic rings. The van der Waals surface area contributed by atoms with Crippen LogP contribution in [0.25, 0.3) is 0 Å². The molecular formula is C17H32N2O. The van der Waals surface area contributed by atoms with Crippen LogP contribution >= 0.6 is 0 Å². The van der Waals surface area contributed by atoms with Crippen molar-refractivity contribution in [3.05, 3.63) is 0 Å². The molecule has 3 unspecified atom stereocenters. The topological polar surface area (TPSA) is 32.3 Å². The lowest BCUT2D eigenvalue weighted by atomic mass is 10.0. The summed E-state index contributed by atoms with van der Waals surface area (Å²) in [5.41, 5.74) is 0. The summed E-state index contributed by atoms with van der Waals surface area (Å²) in [5, 5.41) is 3.60. The van der Waals surface area contributed by atoms with Crippen molar-refractivity contribution in [1.29, 1.82) is 0 Å². The first kappa shape index (κ1) is 15.8. The van der Waals surface area contributed by atoms with E-state index in [1.165, 1.54) is 19.3 Å². The largest absolute Gasteiger partial charge is 0.323 e. The van der Waals surface area contributed by atoms with Crippen LogP contribution in [0.2, 0.25) is 0 Å². The van der Waals surface area contributed by atoms with Gasteiger partial charge in [0.05, 0.1) is 12.2 Å². The van der Waals surface area contributed by atoms with Gasteiger partial charge >= 0.3 is 0 Å². The van der Waals surface area contributed by atoms with Crippen molar-refractivity contribution in [1.82, 2.24) is 10.2 Å². The summed E-state index contributed by atoms with van der Waals surface area (Å²) in [4.78, 5) is 14.9. The summed E-state index contributed by atoms with van der Waals surface area (Å²) in [6.07, 6.45) is 6.19. The molecule has 2 rings (SSSR count). The van der Waals surface area contributed by atoms with Crippen molar-refractivity contribution in [2.24, 2.45) is 17.8 Å². The van der Waals surface area contributed by atoms with Crippen LogP contribution in [-0.2, 0) is 4.79 Å². The van der Waals surface area contributed by atoms with Gasteiger partial charge in [-0.25, -0.2) is 0 Å². The van der Waals surface area contributed by atoms with Gasteiger partial charge in [-0.3, -0.25) is 10.1 Å². The Bertz CT molecular complexity index is 336. The zero-order valence-electron chi connectivity index (χ0n) is 13.9. The first-order valence-electron chi connectivity index (χ1n) is 8.46. The molecular weight excluding hydrogens is 248 g/mol. The highest BCUT2D eigenvalue weighted by Crippen LogP contribution is 2.36. The second kappa shape index (κ2) is 6.46. The monoisotopic (exact) mass is 280 g/mol. The maximum atomic E-state index is 12.7. The number of nitrogens with zero attached hydrogens (tertiary/aromatic N) is 1. The van der Waals surface area contributed by atoms with Crippen molar-refractivity contribution in [3.8, 4) is 0 Å². The molecule has 3 nitrogen and oxygen atoms in total. The minimum Gasteiger partial charge on any atom is -0.323 e. The number of carbonyl (C=O) groups is 1. The van der Waals surface area contributed by atoms with Gasteiger partial charge < -0.3 is 4.90 Å². The molecule has 20 heavy (non-hydrogen) atoms. The maximum Gasteiger partial charge on any atom is 0.241 e. The highest BCUT2D eigenvalue weighted by molar-refractivity contribution is 5.84. The van der Waals surface area contributed by atoms with E-state index in [2.05, 4.69) is 44.8 Å². The van der Waals surface area contributed by atoms with Crippen LogP contribution in [-0.4, -0.2) is 29.1 Å².